The number of guanidine groups is 1. The number of aryl methyl sites for hydroxylation is 1. The van der Waals surface area contributed by atoms with Crippen LogP contribution < -0.4 is 20.1 Å². The minimum absolute atomic E-state index is 0. The molecule has 1 atom stereocenters. The Morgan fingerprint density at radius 3 is 2.58 bits per heavy atom. The van der Waals surface area contributed by atoms with Gasteiger partial charge in [0.15, 0.2) is 5.96 Å². The monoisotopic (exact) mass is 473 g/mol. The number of halogens is 1. The number of nitrogens with zero attached hydrogens (tertiary/aromatic N) is 3. The molecule has 1 aromatic carbocycles. The van der Waals surface area contributed by atoms with Gasteiger partial charge in [0.2, 0.25) is 0 Å². The van der Waals surface area contributed by atoms with Crippen LogP contribution in [0.15, 0.2) is 47.7 Å². The van der Waals surface area contributed by atoms with Crippen LogP contribution in [0.2, 0.25) is 0 Å². The third-order valence-corrected chi connectivity index (χ3v) is 3.59. The normalized spacial score (nSPS) is 12.0. The van der Waals surface area contributed by atoms with Crippen LogP contribution in [-0.4, -0.2) is 49.1 Å². The van der Waals surface area contributed by atoms with Crippen LogP contribution in [0.5, 0.6) is 11.5 Å². The molecule has 0 aliphatic heterocycles. The summed E-state index contributed by atoms with van der Waals surface area (Å²) in [6, 6.07) is 9.50. The average Bonchev–Trinajstić information content (AvgIpc) is 3.15. The zero-order valence-corrected chi connectivity index (χ0v) is 17.8. The largest absolute Gasteiger partial charge is 0.497 e. The Hall–Kier alpha value is -1.97. The van der Waals surface area contributed by atoms with Gasteiger partial charge in [-0.15, -0.1) is 24.0 Å². The summed E-state index contributed by atoms with van der Waals surface area (Å²) in [7, 11) is 3.41. The summed E-state index contributed by atoms with van der Waals surface area (Å²) in [5.74, 6) is 2.40. The van der Waals surface area contributed by atoms with Crippen molar-refractivity contribution in [3.05, 3.63) is 42.7 Å². The van der Waals surface area contributed by atoms with E-state index < -0.39 is 0 Å². The van der Waals surface area contributed by atoms with Gasteiger partial charge in [0, 0.05) is 32.5 Å². The number of rotatable bonds is 9. The molecule has 2 aromatic rings. The highest BCUT2D eigenvalue weighted by Gasteiger charge is 2.06. The van der Waals surface area contributed by atoms with Gasteiger partial charge in [-0.05, 0) is 43.7 Å². The number of aromatic nitrogens is 2. The van der Waals surface area contributed by atoms with Crippen LogP contribution in [0.1, 0.15) is 13.3 Å². The topological polar surface area (TPSA) is 72.7 Å². The Morgan fingerprint density at radius 1 is 1.23 bits per heavy atom. The maximum atomic E-state index is 5.87. The fourth-order valence-corrected chi connectivity index (χ4v) is 2.27. The summed E-state index contributed by atoms with van der Waals surface area (Å²) in [6.07, 6.45) is 4.74. The molecule has 2 rings (SSSR count). The number of hydrogen-bond donors (Lipinski definition) is 2. The second kappa shape index (κ2) is 12.4. The van der Waals surface area contributed by atoms with E-state index >= 15 is 0 Å². The minimum Gasteiger partial charge on any atom is -0.497 e. The smallest absolute Gasteiger partial charge is 0.191 e. The minimum atomic E-state index is 0. The number of hydrogen-bond acceptors (Lipinski definition) is 4. The Labute approximate surface area is 172 Å². The van der Waals surface area contributed by atoms with E-state index in [0.717, 1.165) is 37.0 Å². The van der Waals surface area contributed by atoms with Gasteiger partial charge in [0.25, 0.3) is 0 Å². The lowest BCUT2D eigenvalue weighted by molar-refractivity contribution is 0.223. The van der Waals surface area contributed by atoms with E-state index in [1.807, 2.05) is 48.1 Å². The zero-order chi connectivity index (χ0) is 17.9. The average molecular weight is 473 g/mol. The Balaban J connectivity index is 0.00000338. The first-order chi connectivity index (χ1) is 12.2. The summed E-state index contributed by atoms with van der Waals surface area (Å²) in [5.41, 5.74) is 0. The van der Waals surface area contributed by atoms with Crippen LogP contribution in [0.3, 0.4) is 0 Å². The molecule has 7 nitrogen and oxygen atoms in total. The molecule has 26 heavy (non-hydrogen) atoms. The van der Waals surface area contributed by atoms with E-state index in [2.05, 4.69) is 20.7 Å². The highest BCUT2D eigenvalue weighted by Crippen LogP contribution is 2.17. The van der Waals surface area contributed by atoms with Crippen LogP contribution in [0, 0.1) is 0 Å². The van der Waals surface area contributed by atoms with E-state index in [4.69, 9.17) is 9.47 Å². The number of nitrogens with one attached hydrogen (secondary N) is 2. The molecule has 0 spiro atoms. The first-order valence-corrected chi connectivity index (χ1v) is 8.44. The molecule has 1 heterocycles. The second-order valence-electron chi connectivity index (χ2n) is 5.61. The predicted octanol–water partition coefficient (Wildman–Crippen LogP) is 2.53. The van der Waals surface area contributed by atoms with Gasteiger partial charge in [0.1, 0.15) is 17.6 Å². The molecule has 0 radical (unpaired) electrons. The first-order valence-electron chi connectivity index (χ1n) is 8.44. The Kier molecular flexibility index (Phi) is 10.5. The van der Waals surface area contributed by atoms with Crippen LogP contribution in [0.25, 0.3) is 0 Å². The molecule has 8 heteroatoms. The van der Waals surface area contributed by atoms with Gasteiger partial charge < -0.3 is 20.1 Å². The third-order valence-electron chi connectivity index (χ3n) is 3.59. The molecule has 0 saturated carbocycles. The Bertz CT molecular complexity index is 632. The van der Waals surface area contributed by atoms with Crippen molar-refractivity contribution in [2.45, 2.75) is 26.0 Å². The van der Waals surface area contributed by atoms with Crippen LogP contribution >= 0.6 is 24.0 Å². The van der Waals surface area contributed by atoms with Gasteiger partial charge in [-0.25, -0.2) is 0 Å². The predicted molar refractivity (Wildman–Crippen MR) is 115 cm³/mol. The maximum Gasteiger partial charge on any atom is 0.191 e. The number of benzene rings is 1. The molecule has 0 saturated heterocycles. The molecule has 144 valence electrons. The highest BCUT2D eigenvalue weighted by molar-refractivity contribution is 14.0. The number of methoxy groups -OCH3 is 1. The summed E-state index contributed by atoms with van der Waals surface area (Å²) in [6.45, 7) is 4.38. The van der Waals surface area contributed by atoms with Crippen molar-refractivity contribution < 1.29 is 9.47 Å². The van der Waals surface area contributed by atoms with E-state index in [9.17, 15) is 0 Å². The van der Waals surface area contributed by atoms with Gasteiger partial charge in [0.05, 0.1) is 13.7 Å². The number of aliphatic imine (C=N–C) groups is 1. The molecule has 0 fully saturated rings. The van der Waals surface area contributed by atoms with Crippen LogP contribution in [0.4, 0.5) is 0 Å². The van der Waals surface area contributed by atoms with Crippen LogP contribution in [-0.2, 0) is 6.54 Å². The van der Waals surface area contributed by atoms with Gasteiger partial charge in [-0.2, -0.15) is 5.10 Å². The third kappa shape index (κ3) is 7.94. The van der Waals surface area contributed by atoms with E-state index in [-0.39, 0.29) is 30.1 Å². The first kappa shape index (κ1) is 22.1. The quantitative estimate of drug-likeness (QED) is 0.254. The SMILES string of the molecule is CN=C(NCCCn1cccn1)NCC(C)Oc1ccc(OC)cc1.I. The summed E-state index contributed by atoms with van der Waals surface area (Å²) in [5, 5.41) is 10.7. The van der Waals surface area contributed by atoms with E-state index in [1.165, 1.54) is 0 Å². The molecule has 0 amide bonds. The lowest BCUT2D eigenvalue weighted by Gasteiger charge is -2.18. The standard InChI is InChI=1S/C18H27N5O2.HI/c1-15(25-17-8-6-16(24-3)7-9-17)14-21-18(19-2)20-10-4-12-23-13-5-11-22-23;/h5-9,11,13,15H,4,10,12,14H2,1-3H3,(H2,19,20,21);1H. The maximum absolute atomic E-state index is 5.87. The molecule has 0 aliphatic rings. The molecule has 1 unspecified atom stereocenters. The molecular weight excluding hydrogens is 445 g/mol. The fourth-order valence-electron chi connectivity index (χ4n) is 2.27. The molecule has 1 aromatic heterocycles. The van der Waals surface area contributed by atoms with Crippen molar-refractivity contribution in [2.75, 3.05) is 27.2 Å². The molecule has 0 aliphatic carbocycles. The second-order valence-corrected chi connectivity index (χ2v) is 5.61. The zero-order valence-electron chi connectivity index (χ0n) is 15.5. The number of ether oxygens (including phenoxy) is 2. The Morgan fingerprint density at radius 2 is 1.96 bits per heavy atom. The fraction of sp³-hybridized carbons (Fsp3) is 0.444. The van der Waals surface area contributed by atoms with Crippen molar-refractivity contribution in [3.8, 4) is 11.5 Å². The molecule has 0 bridgehead atoms. The van der Waals surface area contributed by atoms with E-state index in [1.54, 1.807) is 20.4 Å². The summed E-state index contributed by atoms with van der Waals surface area (Å²) >= 11 is 0. The van der Waals surface area contributed by atoms with Crippen molar-refractivity contribution in [3.63, 3.8) is 0 Å². The van der Waals surface area contributed by atoms with Crippen molar-refractivity contribution in [2.24, 2.45) is 4.99 Å². The summed E-state index contributed by atoms with van der Waals surface area (Å²) in [4.78, 5) is 4.22. The van der Waals surface area contributed by atoms with E-state index in [0.29, 0.717) is 6.54 Å². The van der Waals surface area contributed by atoms with Crippen molar-refractivity contribution in [1.29, 1.82) is 0 Å². The lowest BCUT2D eigenvalue weighted by atomic mass is 10.3. The lowest BCUT2D eigenvalue weighted by Crippen LogP contribution is -2.42. The molecule has 2 N–H and O–H groups in total. The molecular formula is C18H28IN5O2. The van der Waals surface area contributed by atoms with Gasteiger partial charge in [-0.3, -0.25) is 9.67 Å². The van der Waals surface area contributed by atoms with Gasteiger partial charge in [-0.1, -0.05) is 0 Å². The highest BCUT2D eigenvalue weighted by atomic mass is 127. The van der Waals surface area contributed by atoms with Gasteiger partial charge >= 0.3 is 0 Å². The van der Waals surface area contributed by atoms with Crippen molar-refractivity contribution >= 4 is 29.9 Å². The summed E-state index contributed by atoms with van der Waals surface area (Å²) < 4.78 is 12.9. The van der Waals surface area contributed by atoms with Crippen molar-refractivity contribution in [1.82, 2.24) is 20.4 Å².